The van der Waals surface area contributed by atoms with Crippen LogP contribution in [0.2, 0.25) is 0 Å². The molecule has 0 fully saturated rings. The third-order valence-electron chi connectivity index (χ3n) is 3.10. The summed E-state index contributed by atoms with van der Waals surface area (Å²) in [5, 5.41) is 10.6. The van der Waals surface area contributed by atoms with E-state index in [0.717, 1.165) is 4.90 Å². The lowest BCUT2D eigenvalue weighted by molar-refractivity contribution is -0.175. The highest BCUT2D eigenvalue weighted by atomic mass is 19.4. The fourth-order valence-corrected chi connectivity index (χ4v) is 1.94. The van der Waals surface area contributed by atoms with Crippen molar-refractivity contribution in [2.45, 2.75) is 26.1 Å². The van der Waals surface area contributed by atoms with Gasteiger partial charge in [-0.05, 0) is 18.1 Å². The average Bonchev–Trinajstić information content (AvgIpc) is 2.48. The lowest BCUT2D eigenvalue weighted by Crippen LogP contribution is -2.55. The van der Waals surface area contributed by atoms with E-state index in [9.17, 15) is 27.6 Å². The highest BCUT2D eigenvalue weighted by Gasteiger charge is 2.42. The highest BCUT2D eigenvalue weighted by molar-refractivity contribution is 6.02. The van der Waals surface area contributed by atoms with Gasteiger partial charge in [0, 0.05) is 5.69 Å². The minimum absolute atomic E-state index is 0.205. The Morgan fingerprint density at radius 2 is 1.71 bits per heavy atom. The molecule has 9 heteroatoms. The first-order valence-electron chi connectivity index (χ1n) is 7.00. The second kappa shape index (κ2) is 7.80. The molecule has 2 N–H and O–H groups in total. The Morgan fingerprint density at radius 1 is 1.17 bits per heavy atom. The summed E-state index contributed by atoms with van der Waals surface area (Å²) >= 11 is 0. The number of amides is 2. The number of aliphatic carboxylic acids is 1. The van der Waals surface area contributed by atoms with Crippen LogP contribution in [-0.4, -0.2) is 41.7 Å². The maximum atomic E-state index is 12.6. The molecular formula is C15H17F3N2O4. The summed E-state index contributed by atoms with van der Waals surface area (Å²) in [5.41, 5.74) is 0.205. The van der Waals surface area contributed by atoms with Gasteiger partial charge in [-0.2, -0.15) is 13.2 Å². The number of carbonyl (C=O) groups excluding carboxylic acids is 2. The van der Waals surface area contributed by atoms with Crippen LogP contribution in [0.5, 0.6) is 0 Å². The molecule has 0 aliphatic rings. The quantitative estimate of drug-likeness (QED) is 0.822. The Hall–Kier alpha value is -2.58. The van der Waals surface area contributed by atoms with Crippen molar-refractivity contribution in [1.29, 1.82) is 0 Å². The minimum atomic E-state index is -5.14. The third-order valence-corrected chi connectivity index (χ3v) is 3.10. The number of hydrogen-bond acceptors (Lipinski definition) is 3. The van der Waals surface area contributed by atoms with Gasteiger partial charge in [0.25, 0.3) is 0 Å². The number of nitrogens with one attached hydrogen (secondary N) is 1. The Balaban J connectivity index is 3.12. The molecule has 0 saturated carbocycles. The highest BCUT2D eigenvalue weighted by Crippen LogP contribution is 2.19. The van der Waals surface area contributed by atoms with Crippen molar-refractivity contribution in [3.05, 3.63) is 30.3 Å². The summed E-state index contributed by atoms with van der Waals surface area (Å²) in [5.74, 6) is -5.20. The molecule has 0 bridgehead atoms. The van der Waals surface area contributed by atoms with Crippen LogP contribution in [0.4, 0.5) is 18.9 Å². The van der Waals surface area contributed by atoms with Gasteiger partial charge in [0.2, 0.25) is 5.91 Å². The summed E-state index contributed by atoms with van der Waals surface area (Å²) in [7, 11) is 0. The Bertz CT molecular complexity index is 602. The number of hydrogen-bond donors (Lipinski definition) is 2. The fraction of sp³-hybridized carbons (Fsp3) is 0.400. The topological polar surface area (TPSA) is 86.7 Å². The molecule has 1 rings (SSSR count). The van der Waals surface area contributed by atoms with E-state index >= 15 is 0 Å². The Morgan fingerprint density at radius 3 is 2.12 bits per heavy atom. The van der Waals surface area contributed by atoms with Crippen LogP contribution in [0.1, 0.15) is 13.8 Å². The number of para-hydroxylation sites is 1. The van der Waals surface area contributed by atoms with Gasteiger partial charge in [-0.25, -0.2) is 0 Å². The number of anilines is 1. The monoisotopic (exact) mass is 346 g/mol. The van der Waals surface area contributed by atoms with Gasteiger partial charge >= 0.3 is 18.1 Å². The summed E-state index contributed by atoms with van der Waals surface area (Å²) in [6.45, 7) is 2.15. The molecule has 0 spiro atoms. The molecule has 0 saturated heterocycles. The van der Waals surface area contributed by atoms with E-state index in [1.54, 1.807) is 23.5 Å². The van der Waals surface area contributed by atoms with Crippen molar-refractivity contribution in [3.63, 3.8) is 0 Å². The van der Waals surface area contributed by atoms with Crippen LogP contribution in [-0.2, 0) is 14.4 Å². The number of alkyl halides is 3. The van der Waals surface area contributed by atoms with Crippen LogP contribution in [0, 0.1) is 5.92 Å². The van der Waals surface area contributed by atoms with Crippen molar-refractivity contribution >= 4 is 23.5 Å². The fourth-order valence-electron chi connectivity index (χ4n) is 1.94. The maximum Gasteiger partial charge on any atom is 0.471 e. The maximum absolute atomic E-state index is 12.6. The van der Waals surface area contributed by atoms with E-state index in [4.69, 9.17) is 5.11 Å². The molecule has 2 amide bonds. The predicted octanol–water partition coefficient (Wildman–Crippen LogP) is 1.81. The number of rotatable bonds is 6. The second-order valence-corrected chi connectivity index (χ2v) is 5.35. The van der Waals surface area contributed by atoms with Gasteiger partial charge in [0.1, 0.15) is 12.6 Å². The largest absolute Gasteiger partial charge is 0.480 e. The lowest BCUT2D eigenvalue weighted by atomic mass is 10.0. The SMILES string of the molecule is CC(C)[C@H](NC(=O)C(F)(F)F)C(=O)N(CC(=O)O)c1ccccc1. The molecule has 0 heterocycles. The number of carboxylic acids is 1. The first-order valence-corrected chi connectivity index (χ1v) is 7.00. The number of carbonyl (C=O) groups is 3. The van der Waals surface area contributed by atoms with Crippen molar-refractivity contribution in [3.8, 4) is 0 Å². The van der Waals surface area contributed by atoms with E-state index in [0.29, 0.717) is 0 Å². The van der Waals surface area contributed by atoms with Gasteiger partial charge in [-0.3, -0.25) is 19.3 Å². The number of halogens is 3. The molecule has 0 radical (unpaired) electrons. The molecule has 0 unspecified atom stereocenters. The van der Waals surface area contributed by atoms with E-state index in [2.05, 4.69) is 0 Å². The van der Waals surface area contributed by atoms with Gasteiger partial charge in [-0.15, -0.1) is 0 Å². The average molecular weight is 346 g/mol. The molecule has 6 nitrogen and oxygen atoms in total. The van der Waals surface area contributed by atoms with Gasteiger partial charge in [-0.1, -0.05) is 32.0 Å². The molecular weight excluding hydrogens is 329 g/mol. The number of carboxylic acid groups (broad SMARTS) is 1. The van der Waals surface area contributed by atoms with Gasteiger partial charge in [0.05, 0.1) is 0 Å². The normalized spacial score (nSPS) is 12.6. The van der Waals surface area contributed by atoms with Crippen LogP contribution in [0.25, 0.3) is 0 Å². The van der Waals surface area contributed by atoms with Crippen LogP contribution in [0.3, 0.4) is 0 Å². The molecule has 24 heavy (non-hydrogen) atoms. The van der Waals surface area contributed by atoms with Gasteiger partial charge < -0.3 is 10.4 Å². The van der Waals surface area contributed by atoms with Crippen LogP contribution >= 0.6 is 0 Å². The van der Waals surface area contributed by atoms with Crippen molar-refractivity contribution in [2.75, 3.05) is 11.4 Å². The number of benzene rings is 1. The van der Waals surface area contributed by atoms with Crippen molar-refractivity contribution in [1.82, 2.24) is 5.32 Å². The molecule has 0 aliphatic heterocycles. The van der Waals surface area contributed by atoms with Crippen LogP contribution < -0.4 is 10.2 Å². The standard InChI is InChI=1S/C15H17F3N2O4/c1-9(2)12(19-14(24)15(16,17)18)13(23)20(8-11(21)22)10-6-4-3-5-7-10/h3-7,9,12H,8H2,1-2H3,(H,19,24)(H,21,22)/t12-/m0/s1. The second-order valence-electron chi connectivity index (χ2n) is 5.35. The molecule has 1 aromatic carbocycles. The predicted molar refractivity (Wildman–Crippen MR) is 79.3 cm³/mol. The van der Waals surface area contributed by atoms with Gasteiger partial charge in [0.15, 0.2) is 0 Å². The van der Waals surface area contributed by atoms with E-state index < -0.39 is 42.5 Å². The zero-order valence-electron chi connectivity index (χ0n) is 13.0. The lowest BCUT2D eigenvalue weighted by Gasteiger charge is -2.29. The van der Waals surface area contributed by atoms with Crippen molar-refractivity contribution in [2.24, 2.45) is 5.92 Å². The van der Waals surface area contributed by atoms with E-state index in [-0.39, 0.29) is 5.69 Å². The molecule has 0 aliphatic carbocycles. The summed E-state index contributed by atoms with van der Waals surface area (Å²) in [4.78, 5) is 35.5. The van der Waals surface area contributed by atoms with E-state index in [1.807, 2.05) is 0 Å². The zero-order valence-corrected chi connectivity index (χ0v) is 13.0. The summed E-state index contributed by atoms with van der Waals surface area (Å²) in [6, 6.07) is 6.12. The zero-order chi connectivity index (χ0) is 18.5. The van der Waals surface area contributed by atoms with Crippen molar-refractivity contribution < 1.29 is 32.7 Å². The smallest absolute Gasteiger partial charge is 0.471 e. The third kappa shape index (κ3) is 5.25. The molecule has 1 aromatic rings. The Labute approximate surface area is 136 Å². The molecule has 0 aromatic heterocycles. The van der Waals surface area contributed by atoms with Crippen LogP contribution in [0.15, 0.2) is 30.3 Å². The molecule has 1 atom stereocenters. The Kier molecular flexibility index (Phi) is 6.33. The minimum Gasteiger partial charge on any atom is -0.480 e. The first kappa shape index (κ1) is 19.5. The summed E-state index contributed by atoms with van der Waals surface area (Å²) < 4.78 is 37.3. The molecule has 132 valence electrons. The van der Waals surface area contributed by atoms with E-state index in [1.165, 1.54) is 26.0 Å². The number of nitrogens with zero attached hydrogens (tertiary/aromatic N) is 1. The summed E-state index contributed by atoms with van der Waals surface area (Å²) in [6.07, 6.45) is -5.14. The first-order chi connectivity index (χ1) is 11.0.